The molecule has 1 aromatic rings. The molecule has 0 spiro atoms. The predicted molar refractivity (Wildman–Crippen MR) is 48.9 cm³/mol. The molecule has 1 heterocycles. The van der Waals surface area contributed by atoms with E-state index in [1.54, 1.807) is 6.26 Å². The van der Waals surface area contributed by atoms with Crippen LogP contribution in [0.3, 0.4) is 0 Å². The van der Waals surface area contributed by atoms with Crippen molar-refractivity contribution in [1.29, 1.82) is 0 Å². The van der Waals surface area contributed by atoms with Crippen LogP contribution in [-0.2, 0) is 5.41 Å². The Morgan fingerprint density at radius 3 is 1.91 bits per heavy atom. The van der Waals surface area contributed by atoms with Crippen LogP contribution in [0.15, 0.2) is 16.9 Å². The van der Waals surface area contributed by atoms with Gasteiger partial charge in [-0.05, 0) is 23.5 Å². The van der Waals surface area contributed by atoms with E-state index in [2.05, 4.69) is 27.7 Å². The van der Waals surface area contributed by atoms with E-state index in [0.717, 1.165) is 0 Å². The van der Waals surface area contributed by atoms with Gasteiger partial charge in [-0.1, -0.05) is 28.2 Å². The second kappa shape index (κ2) is 3.12. The lowest BCUT2D eigenvalue weighted by Crippen LogP contribution is -2.10. The molecule has 1 aromatic heterocycles. The third-order valence-corrected chi connectivity index (χ3v) is 1.66. The van der Waals surface area contributed by atoms with Crippen molar-refractivity contribution in [3.05, 3.63) is 23.7 Å². The van der Waals surface area contributed by atoms with Gasteiger partial charge in [0.05, 0.1) is 12.5 Å². The van der Waals surface area contributed by atoms with Crippen LogP contribution >= 0.6 is 0 Å². The number of hydrogen-bond donors (Lipinski definition) is 0. The summed E-state index contributed by atoms with van der Waals surface area (Å²) in [5, 5.41) is 0. The van der Waals surface area contributed by atoms with E-state index in [0.29, 0.717) is 0 Å². The van der Waals surface area contributed by atoms with Crippen molar-refractivity contribution in [2.75, 3.05) is 0 Å². The SMILES string of the molecule is C.Cc1cocc1C(C)(C)C. The first-order chi connectivity index (χ1) is 4.52. The highest BCUT2D eigenvalue weighted by atomic mass is 16.3. The van der Waals surface area contributed by atoms with Gasteiger partial charge >= 0.3 is 0 Å². The minimum Gasteiger partial charge on any atom is -0.472 e. The topological polar surface area (TPSA) is 13.1 Å². The molecule has 0 aliphatic carbocycles. The van der Waals surface area contributed by atoms with E-state index in [4.69, 9.17) is 4.42 Å². The highest BCUT2D eigenvalue weighted by molar-refractivity contribution is 5.26. The average Bonchev–Trinajstić information content (AvgIpc) is 2.11. The molecule has 0 fully saturated rings. The van der Waals surface area contributed by atoms with E-state index in [1.807, 2.05) is 6.26 Å². The Hall–Kier alpha value is -0.720. The van der Waals surface area contributed by atoms with Gasteiger partial charge in [-0.3, -0.25) is 0 Å². The van der Waals surface area contributed by atoms with Crippen molar-refractivity contribution in [3.8, 4) is 0 Å². The monoisotopic (exact) mass is 154 g/mol. The molecule has 1 rings (SSSR count). The summed E-state index contributed by atoms with van der Waals surface area (Å²) in [6, 6.07) is 0. The smallest absolute Gasteiger partial charge is 0.0942 e. The molecule has 0 bridgehead atoms. The van der Waals surface area contributed by atoms with Crippen molar-refractivity contribution >= 4 is 0 Å². The molecule has 0 aliphatic heterocycles. The molecule has 0 aliphatic rings. The summed E-state index contributed by atoms with van der Waals surface area (Å²) in [6.45, 7) is 8.63. The summed E-state index contributed by atoms with van der Waals surface area (Å²) in [5.74, 6) is 0. The van der Waals surface area contributed by atoms with Gasteiger partial charge in [0.15, 0.2) is 0 Å². The second-order valence-electron chi connectivity index (χ2n) is 3.72. The zero-order chi connectivity index (χ0) is 7.78. The van der Waals surface area contributed by atoms with Crippen LogP contribution in [0.5, 0.6) is 0 Å². The van der Waals surface area contributed by atoms with Crippen LogP contribution in [-0.4, -0.2) is 0 Å². The van der Waals surface area contributed by atoms with Gasteiger partial charge in [0.2, 0.25) is 0 Å². The lowest BCUT2D eigenvalue weighted by molar-refractivity contribution is 0.537. The minimum absolute atomic E-state index is 0. The Balaban J connectivity index is 0.000001000. The molecule has 0 saturated heterocycles. The van der Waals surface area contributed by atoms with Gasteiger partial charge in [0, 0.05) is 0 Å². The largest absolute Gasteiger partial charge is 0.472 e. The standard InChI is InChI=1S/C9H14O.CH4/c1-7-5-10-6-8(7)9(2,3)4;/h5-6H,1-4H3;1H4. The summed E-state index contributed by atoms with van der Waals surface area (Å²) >= 11 is 0. The van der Waals surface area contributed by atoms with E-state index >= 15 is 0 Å². The fourth-order valence-corrected chi connectivity index (χ4v) is 1.13. The Morgan fingerprint density at radius 1 is 1.18 bits per heavy atom. The summed E-state index contributed by atoms with van der Waals surface area (Å²) in [4.78, 5) is 0. The summed E-state index contributed by atoms with van der Waals surface area (Å²) in [7, 11) is 0. The van der Waals surface area contributed by atoms with Crippen molar-refractivity contribution in [1.82, 2.24) is 0 Å². The van der Waals surface area contributed by atoms with Crippen molar-refractivity contribution in [2.45, 2.75) is 40.5 Å². The van der Waals surface area contributed by atoms with E-state index in [9.17, 15) is 0 Å². The molecule has 0 saturated carbocycles. The molecule has 0 N–H and O–H groups in total. The highest BCUT2D eigenvalue weighted by Gasteiger charge is 2.17. The van der Waals surface area contributed by atoms with Crippen LogP contribution in [0.4, 0.5) is 0 Å². The third kappa shape index (κ3) is 2.11. The molecular formula is C10H18O. The first kappa shape index (κ1) is 10.3. The molecule has 0 amide bonds. The van der Waals surface area contributed by atoms with E-state index in [-0.39, 0.29) is 12.8 Å². The zero-order valence-corrected chi connectivity index (χ0v) is 7.06. The van der Waals surface area contributed by atoms with Crippen LogP contribution < -0.4 is 0 Å². The fourth-order valence-electron chi connectivity index (χ4n) is 1.13. The highest BCUT2D eigenvalue weighted by Crippen LogP contribution is 2.25. The maximum atomic E-state index is 5.07. The molecule has 0 aromatic carbocycles. The van der Waals surface area contributed by atoms with Crippen LogP contribution in [0.1, 0.15) is 39.3 Å². The van der Waals surface area contributed by atoms with Gasteiger partial charge < -0.3 is 4.42 Å². The summed E-state index contributed by atoms with van der Waals surface area (Å²) in [6.07, 6.45) is 3.62. The van der Waals surface area contributed by atoms with Gasteiger partial charge in [0.1, 0.15) is 0 Å². The minimum atomic E-state index is 0. The third-order valence-electron chi connectivity index (χ3n) is 1.66. The zero-order valence-electron chi connectivity index (χ0n) is 7.06. The molecule has 0 atom stereocenters. The molecular weight excluding hydrogens is 136 g/mol. The van der Waals surface area contributed by atoms with Crippen LogP contribution in [0.2, 0.25) is 0 Å². The van der Waals surface area contributed by atoms with Gasteiger partial charge in [-0.2, -0.15) is 0 Å². The Morgan fingerprint density at radius 2 is 1.73 bits per heavy atom. The predicted octanol–water partition coefficient (Wildman–Crippen LogP) is 3.52. The first-order valence-corrected chi connectivity index (χ1v) is 3.55. The van der Waals surface area contributed by atoms with Crippen molar-refractivity contribution in [2.24, 2.45) is 0 Å². The summed E-state index contributed by atoms with van der Waals surface area (Å²) < 4.78 is 5.07. The molecule has 1 heteroatoms. The fraction of sp³-hybridized carbons (Fsp3) is 0.600. The van der Waals surface area contributed by atoms with E-state index < -0.39 is 0 Å². The Kier molecular flexibility index (Phi) is 2.92. The Bertz CT molecular complexity index is 215. The normalized spacial score (nSPS) is 10.9. The molecule has 0 radical (unpaired) electrons. The number of rotatable bonds is 0. The van der Waals surface area contributed by atoms with Crippen LogP contribution in [0.25, 0.3) is 0 Å². The molecule has 1 nitrogen and oxygen atoms in total. The maximum Gasteiger partial charge on any atom is 0.0942 e. The maximum absolute atomic E-state index is 5.07. The molecule has 11 heavy (non-hydrogen) atoms. The van der Waals surface area contributed by atoms with Crippen molar-refractivity contribution in [3.63, 3.8) is 0 Å². The second-order valence-corrected chi connectivity index (χ2v) is 3.72. The Labute approximate surface area is 69.4 Å². The first-order valence-electron chi connectivity index (χ1n) is 3.55. The van der Waals surface area contributed by atoms with Gasteiger partial charge in [-0.25, -0.2) is 0 Å². The number of furan rings is 1. The van der Waals surface area contributed by atoms with Crippen LogP contribution in [0, 0.1) is 6.92 Å². The quantitative estimate of drug-likeness (QED) is 0.557. The number of hydrogen-bond acceptors (Lipinski definition) is 1. The summed E-state index contributed by atoms with van der Waals surface area (Å²) in [5.41, 5.74) is 2.76. The van der Waals surface area contributed by atoms with Gasteiger partial charge in [-0.15, -0.1) is 0 Å². The van der Waals surface area contributed by atoms with Gasteiger partial charge in [0.25, 0.3) is 0 Å². The lowest BCUT2D eigenvalue weighted by atomic mass is 9.87. The molecule has 64 valence electrons. The van der Waals surface area contributed by atoms with E-state index in [1.165, 1.54) is 11.1 Å². The average molecular weight is 154 g/mol. The number of aryl methyl sites for hydroxylation is 1. The lowest BCUT2D eigenvalue weighted by Gasteiger charge is -2.16. The van der Waals surface area contributed by atoms with Crippen molar-refractivity contribution < 1.29 is 4.42 Å². The molecule has 0 unspecified atom stereocenters.